The minimum absolute atomic E-state index is 0.185. The number of hydrogen-bond acceptors (Lipinski definition) is 4. The minimum Gasteiger partial charge on any atom is -0.458 e. The molecule has 0 fully saturated rings. The molecule has 3 rings (SSSR count). The van der Waals surface area contributed by atoms with Crippen molar-refractivity contribution >= 4 is 9.84 Å². The zero-order valence-electron chi connectivity index (χ0n) is 17.3. The van der Waals surface area contributed by atoms with Crippen LogP contribution in [0.5, 0.6) is 17.2 Å². The molecule has 158 valence electrons. The smallest absolute Gasteiger partial charge is 0.206 e. The van der Waals surface area contributed by atoms with E-state index in [0.717, 1.165) is 0 Å². The van der Waals surface area contributed by atoms with Crippen LogP contribution in [0.4, 0.5) is 0 Å². The molecule has 0 bridgehead atoms. The molecule has 4 nitrogen and oxygen atoms in total. The average molecular weight is 433 g/mol. The maximum atomic E-state index is 13.1. The molecule has 0 spiro atoms. The third-order valence-electron chi connectivity index (χ3n) is 4.25. The monoisotopic (exact) mass is 432 g/mol. The lowest BCUT2D eigenvalue weighted by atomic mass is 10.3. The number of ether oxygens (including phenoxy) is 2. The molecule has 5 heteroatoms. The molecule has 0 saturated carbocycles. The van der Waals surface area contributed by atoms with Crippen LogP contribution in [0.15, 0.2) is 125 Å². The molecule has 0 saturated heterocycles. The van der Waals surface area contributed by atoms with Crippen molar-refractivity contribution in [3.05, 3.63) is 120 Å². The molecule has 0 aliphatic carbocycles. The Bertz CT molecular complexity index is 1160. The van der Waals surface area contributed by atoms with Gasteiger partial charge >= 0.3 is 0 Å². The van der Waals surface area contributed by atoms with Crippen molar-refractivity contribution in [2.75, 3.05) is 0 Å². The van der Waals surface area contributed by atoms with E-state index in [0.29, 0.717) is 29.4 Å². The maximum Gasteiger partial charge on any atom is 0.206 e. The summed E-state index contributed by atoms with van der Waals surface area (Å²) >= 11 is 0. The Balaban J connectivity index is 1.75. The van der Waals surface area contributed by atoms with Crippen LogP contribution in [0.25, 0.3) is 0 Å². The lowest BCUT2D eigenvalue weighted by Crippen LogP contribution is -2.04. The highest BCUT2D eigenvalue weighted by atomic mass is 32.2. The van der Waals surface area contributed by atoms with Gasteiger partial charge in [-0.15, -0.1) is 0 Å². The number of para-hydroxylation sites is 2. The summed E-state index contributed by atoms with van der Waals surface area (Å²) in [7, 11) is -3.70. The molecule has 0 aromatic heterocycles. The van der Waals surface area contributed by atoms with Crippen molar-refractivity contribution in [3.8, 4) is 17.2 Å². The van der Waals surface area contributed by atoms with Gasteiger partial charge in [-0.2, -0.15) is 0 Å². The molecule has 0 N–H and O–H groups in total. The van der Waals surface area contributed by atoms with Crippen LogP contribution in [-0.4, -0.2) is 8.42 Å². The van der Waals surface area contributed by atoms with Crippen LogP contribution < -0.4 is 9.47 Å². The maximum absolute atomic E-state index is 13.1. The summed E-state index contributed by atoms with van der Waals surface area (Å²) < 4.78 is 37.6. The second-order valence-electron chi connectivity index (χ2n) is 6.62. The van der Waals surface area contributed by atoms with Crippen molar-refractivity contribution in [3.63, 3.8) is 0 Å². The fourth-order valence-corrected chi connectivity index (χ4v) is 4.16. The highest BCUT2D eigenvalue weighted by Gasteiger charge is 2.18. The molecule has 31 heavy (non-hydrogen) atoms. The molecular formula is C26H24O4S. The third kappa shape index (κ3) is 6.20. The van der Waals surface area contributed by atoms with E-state index in [-0.39, 0.29) is 9.80 Å². The van der Waals surface area contributed by atoms with Gasteiger partial charge in [0.25, 0.3) is 0 Å². The lowest BCUT2D eigenvalue weighted by molar-refractivity contribution is 0.447. The van der Waals surface area contributed by atoms with Crippen LogP contribution in [0, 0.1) is 0 Å². The topological polar surface area (TPSA) is 52.6 Å². The zero-order valence-corrected chi connectivity index (χ0v) is 18.1. The van der Waals surface area contributed by atoms with Crippen molar-refractivity contribution in [1.29, 1.82) is 0 Å². The van der Waals surface area contributed by atoms with Gasteiger partial charge in [-0.3, -0.25) is 0 Å². The van der Waals surface area contributed by atoms with E-state index in [1.54, 1.807) is 48.6 Å². The highest BCUT2D eigenvalue weighted by molar-refractivity contribution is 7.95. The summed E-state index contributed by atoms with van der Waals surface area (Å²) in [5.41, 5.74) is 0. The predicted octanol–water partition coefficient (Wildman–Crippen LogP) is 6.70. The third-order valence-corrected chi connectivity index (χ3v) is 6.07. The lowest BCUT2D eigenvalue weighted by Gasteiger charge is -2.09. The van der Waals surface area contributed by atoms with E-state index in [1.807, 2.05) is 55.5 Å². The summed E-state index contributed by atoms with van der Waals surface area (Å²) in [5, 5.41) is 0. The summed E-state index contributed by atoms with van der Waals surface area (Å²) in [6.07, 6.45) is 5.30. The summed E-state index contributed by atoms with van der Waals surface area (Å²) in [5.74, 6) is 2.22. The van der Waals surface area contributed by atoms with E-state index in [9.17, 15) is 8.42 Å². The molecule has 3 aromatic rings. The van der Waals surface area contributed by atoms with Crippen LogP contribution in [0.2, 0.25) is 0 Å². The van der Waals surface area contributed by atoms with Crippen LogP contribution in [0.1, 0.15) is 13.3 Å². The Kier molecular flexibility index (Phi) is 7.46. The van der Waals surface area contributed by atoms with E-state index >= 15 is 0 Å². The molecule has 0 aliphatic heterocycles. The van der Waals surface area contributed by atoms with Gasteiger partial charge in [0.15, 0.2) is 0 Å². The van der Waals surface area contributed by atoms with Gasteiger partial charge in [0.05, 0.1) is 9.80 Å². The normalized spacial score (nSPS) is 12.0. The highest BCUT2D eigenvalue weighted by Crippen LogP contribution is 2.26. The summed E-state index contributed by atoms with van der Waals surface area (Å²) in [4.78, 5) is 0.372. The van der Waals surface area contributed by atoms with E-state index in [4.69, 9.17) is 9.47 Å². The summed E-state index contributed by atoms with van der Waals surface area (Å²) in [6, 6.07) is 24.9. The Morgan fingerprint density at radius 2 is 1.35 bits per heavy atom. The predicted molar refractivity (Wildman–Crippen MR) is 124 cm³/mol. The number of sulfone groups is 1. The van der Waals surface area contributed by atoms with Crippen molar-refractivity contribution in [1.82, 2.24) is 0 Å². The average Bonchev–Trinajstić information content (AvgIpc) is 2.78. The van der Waals surface area contributed by atoms with E-state index in [1.165, 1.54) is 6.08 Å². The Morgan fingerprint density at radius 3 is 1.94 bits per heavy atom. The first-order valence-corrected chi connectivity index (χ1v) is 11.4. The fraction of sp³-hybridized carbons (Fsp3) is 0.0769. The van der Waals surface area contributed by atoms with Crippen molar-refractivity contribution < 1.29 is 17.9 Å². The number of allylic oxidation sites excluding steroid dienone is 3. The van der Waals surface area contributed by atoms with Crippen LogP contribution in [-0.2, 0) is 9.84 Å². The van der Waals surface area contributed by atoms with Gasteiger partial charge in [-0.05, 0) is 67.1 Å². The van der Waals surface area contributed by atoms with Crippen molar-refractivity contribution in [2.24, 2.45) is 0 Å². The summed E-state index contributed by atoms with van der Waals surface area (Å²) in [6.45, 7) is 5.73. The molecule has 0 aliphatic rings. The SMILES string of the molecule is C=C(C=CC(=CCC)S(=O)(=O)c1ccc(Oc2ccccc2)cc1)Oc1ccccc1. The standard InChI is InChI=1S/C26H24O4S/c1-3-10-25(18-15-21(2)29-22-11-6-4-7-12-22)31(27,28)26-19-16-24(17-20-26)30-23-13-8-5-9-14-23/h4-20H,2-3H2,1H3. The molecule has 0 heterocycles. The largest absolute Gasteiger partial charge is 0.458 e. The molecule has 0 amide bonds. The van der Waals surface area contributed by atoms with Gasteiger partial charge in [-0.25, -0.2) is 8.42 Å². The number of rotatable bonds is 9. The Labute approximate surface area is 183 Å². The van der Waals surface area contributed by atoms with Gasteiger partial charge in [0.1, 0.15) is 23.0 Å². The first-order valence-electron chi connectivity index (χ1n) is 9.87. The van der Waals surface area contributed by atoms with Gasteiger partial charge < -0.3 is 9.47 Å². The second kappa shape index (κ2) is 10.5. The van der Waals surface area contributed by atoms with Gasteiger partial charge in [0.2, 0.25) is 9.84 Å². The molecule has 0 atom stereocenters. The minimum atomic E-state index is -3.70. The fourth-order valence-electron chi connectivity index (χ4n) is 2.77. The molecular weight excluding hydrogens is 408 g/mol. The first-order chi connectivity index (χ1) is 15.0. The first kappa shape index (κ1) is 22.1. The van der Waals surface area contributed by atoms with E-state index in [2.05, 4.69) is 6.58 Å². The van der Waals surface area contributed by atoms with Crippen molar-refractivity contribution in [2.45, 2.75) is 18.2 Å². The van der Waals surface area contributed by atoms with Crippen LogP contribution in [0.3, 0.4) is 0 Å². The number of hydrogen-bond donors (Lipinski definition) is 0. The van der Waals surface area contributed by atoms with Gasteiger partial charge in [0, 0.05) is 0 Å². The molecule has 3 aromatic carbocycles. The molecule has 0 radical (unpaired) electrons. The van der Waals surface area contributed by atoms with E-state index < -0.39 is 9.84 Å². The molecule has 0 unspecified atom stereocenters. The van der Waals surface area contributed by atoms with Gasteiger partial charge in [-0.1, -0.05) is 56.0 Å². The Morgan fingerprint density at radius 1 is 0.806 bits per heavy atom. The Hall–Kier alpha value is -3.57. The second-order valence-corrected chi connectivity index (χ2v) is 8.57. The van der Waals surface area contributed by atoms with Crippen LogP contribution >= 0.6 is 0 Å². The quantitative estimate of drug-likeness (QED) is 0.279. The number of benzene rings is 3. The zero-order chi connectivity index (χ0) is 22.1.